The van der Waals surface area contributed by atoms with E-state index in [1.807, 2.05) is 18.2 Å². The third kappa shape index (κ3) is 3.01. The normalized spacial score (nSPS) is 18.0. The van der Waals surface area contributed by atoms with Crippen LogP contribution in [0.4, 0.5) is 0 Å². The molecular formula is C14H18O4. The van der Waals surface area contributed by atoms with E-state index < -0.39 is 0 Å². The Labute approximate surface area is 107 Å². The van der Waals surface area contributed by atoms with Crippen molar-refractivity contribution in [3.8, 4) is 5.75 Å². The summed E-state index contributed by atoms with van der Waals surface area (Å²) in [4.78, 5) is 11.2. The fourth-order valence-electron chi connectivity index (χ4n) is 2.23. The molecule has 2 rings (SSSR count). The van der Waals surface area contributed by atoms with Gasteiger partial charge in [-0.2, -0.15) is 0 Å². The number of rotatable bonds is 4. The third-order valence-electron chi connectivity index (χ3n) is 3.06. The molecule has 98 valence electrons. The second-order valence-electron chi connectivity index (χ2n) is 4.38. The molecule has 0 aromatic heterocycles. The number of carbonyl (C=O) groups excluding carboxylic acids is 1. The molecule has 0 aliphatic heterocycles. The smallest absolute Gasteiger partial charge is 0.344 e. The molecule has 1 aliphatic carbocycles. The maximum Gasteiger partial charge on any atom is 0.344 e. The summed E-state index contributed by atoms with van der Waals surface area (Å²) in [6.45, 7) is 2.07. The molecular weight excluding hydrogens is 232 g/mol. The second-order valence-corrected chi connectivity index (χ2v) is 4.38. The first-order valence-electron chi connectivity index (χ1n) is 6.28. The van der Waals surface area contributed by atoms with Crippen molar-refractivity contribution in [3.05, 3.63) is 29.3 Å². The van der Waals surface area contributed by atoms with Gasteiger partial charge in [0, 0.05) is 0 Å². The molecule has 1 aliphatic rings. The summed E-state index contributed by atoms with van der Waals surface area (Å²) in [5.41, 5.74) is 2.21. The Bertz CT molecular complexity index is 428. The molecule has 1 atom stereocenters. The lowest BCUT2D eigenvalue weighted by Gasteiger charge is -2.22. The topological polar surface area (TPSA) is 55.8 Å². The zero-order valence-corrected chi connectivity index (χ0v) is 10.5. The van der Waals surface area contributed by atoms with Crippen LogP contribution in [0.2, 0.25) is 0 Å². The lowest BCUT2D eigenvalue weighted by molar-refractivity contribution is -0.145. The first-order chi connectivity index (χ1) is 8.70. The van der Waals surface area contributed by atoms with Gasteiger partial charge in [-0.1, -0.05) is 12.1 Å². The van der Waals surface area contributed by atoms with E-state index in [9.17, 15) is 9.90 Å². The Balaban J connectivity index is 2.05. The number of benzene rings is 1. The Hall–Kier alpha value is -1.55. The van der Waals surface area contributed by atoms with Crippen molar-refractivity contribution in [1.29, 1.82) is 0 Å². The minimum atomic E-state index is -0.356. The van der Waals surface area contributed by atoms with Crippen LogP contribution in [0, 0.1) is 0 Å². The van der Waals surface area contributed by atoms with Crippen molar-refractivity contribution in [1.82, 2.24) is 0 Å². The fraction of sp³-hybridized carbons (Fsp3) is 0.500. The van der Waals surface area contributed by atoms with E-state index >= 15 is 0 Å². The Morgan fingerprint density at radius 3 is 3.11 bits per heavy atom. The van der Waals surface area contributed by atoms with Gasteiger partial charge in [-0.3, -0.25) is 0 Å². The molecule has 1 N–H and O–H groups in total. The lowest BCUT2D eigenvalue weighted by Crippen LogP contribution is -2.20. The van der Waals surface area contributed by atoms with Gasteiger partial charge < -0.3 is 14.6 Å². The van der Waals surface area contributed by atoms with Crippen molar-refractivity contribution in [2.75, 3.05) is 13.2 Å². The van der Waals surface area contributed by atoms with E-state index in [1.165, 1.54) is 0 Å². The van der Waals surface area contributed by atoms with Crippen molar-refractivity contribution >= 4 is 5.97 Å². The van der Waals surface area contributed by atoms with E-state index in [0.717, 1.165) is 29.7 Å². The number of esters is 1. The number of aliphatic hydroxyl groups excluding tert-OH is 1. The Kier molecular flexibility index (Phi) is 4.20. The van der Waals surface area contributed by atoms with E-state index in [1.54, 1.807) is 6.92 Å². The summed E-state index contributed by atoms with van der Waals surface area (Å²) in [5.74, 6) is 0.374. The van der Waals surface area contributed by atoms with Crippen molar-refractivity contribution in [2.45, 2.75) is 32.3 Å². The highest BCUT2D eigenvalue weighted by Crippen LogP contribution is 2.29. The summed E-state index contributed by atoms with van der Waals surface area (Å²) < 4.78 is 10.3. The van der Waals surface area contributed by atoms with E-state index in [-0.39, 0.29) is 18.7 Å². The van der Waals surface area contributed by atoms with E-state index in [4.69, 9.17) is 9.47 Å². The lowest BCUT2D eigenvalue weighted by atomic mass is 9.89. The maximum absolute atomic E-state index is 11.2. The number of hydrogen-bond donors (Lipinski definition) is 1. The molecule has 0 saturated heterocycles. The van der Waals surface area contributed by atoms with Crippen LogP contribution in [0.3, 0.4) is 0 Å². The number of fused-ring (bicyclic) bond motifs is 1. The molecule has 0 bridgehead atoms. The number of ether oxygens (including phenoxy) is 2. The summed E-state index contributed by atoms with van der Waals surface area (Å²) in [5, 5.41) is 9.62. The average molecular weight is 250 g/mol. The molecule has 1 aromatic carbocycles. The molecule has 0 fully saturated rings. The molecule has 0 radical (unpaired) electrons. The van der Waals surface area contributed by atoms with Crippen LogP contribution >= 0.6 is 0 Å². The zero-order valence-electron chi connectivity index (χ0n) is 10.5. The van der Waals surface area contributed by atoms with Crippen LogP contribution in [0.25, 0.3) is 0 Å². The van der Waals surface area contributed by atoms with Gasteiger partial charge in [0.15, 0.2) is 6.61 Å². The summed E-state index contributed by atoms with van der Waals surface area (Å²) in [6.07, 6.45) is 1.92. The molecule has 4 nitrogen and oxygen atoms in total. The predicted octanol–water partition coefficient (Wildman–Crippen LogP) is 1.48. The first kappa shape index (κ1) is 12.9. The van der Waals surface area contributed by atoms with Crippen molar-refractivity contribution in [3.63, 3.8) is 0 Å². The van der Waals surface area contributed by atoms with Gasteiger partial charge in [-0.15, -0.1) is 0 Å². The zero-order chi connectivity index (χ0) is 13.0. The molecule has 0 heterocycles. The minimum absolute atomic E-state index is 0.0627. The Morgan fingerprint density at radius 2 is 2.33 bits per heavy atom. The number of aliphatic hydroxyl groups is 1. The van der Waals surface area contributed by atoms with Gasteiger partial charge in [0.05, 0.1) is 12.7 Å². The highest BCUT2D eigenvalue weighted by Gasteiger charge is 2.19. The SMILES string of the molecule is CCOC(=O)COc1cccc2c1CCC(O)C2. The second kappa shape index (κ2) is 5.87. The molecule has 4 heteroatoms. The summed E-state index contributed by atoms with van der Waals surface area (Å²) >= 11 is 0. The third-order valence-corrected chi connectivity index (χ3v) is 3.06. The van der Waals surface area contributed by atoms with Gasteiger partial charge in [0.25, 0.3) is 0 Å². The number of hydrogen-bond acceptors (Lipinski definition) is 4. The van der Waals surface area contributed by atoms with Crippen molar-refractivity contribution < 1.29 is 19.4 Å². The molecule has 18 heavy (non-hydrogen) atoms. The first-order valence-corrected chi connectivity index (χ1v) is 6.28. The summed E-state index contributed by atoms with van der Waals surface area (Å²) in [7, 11) is 0. The average Bonchev–Trinajstić information content (AvgIpc) is 2.36. The molecule has 1 aromatic rings. The van der Waals surface area contributed by atoms with Gasteiger partial charge in [-0.25, -0.2) is 4.79 Å². The van der Waals surface area contributed by atoms with Crippen LogP contribution in [0.5, 0.6) is 5.75 Å². The summed E-state index contributed by atoms with van der Waals surface area (Å²) in [6, 6.07) is 5.74. The number of carbonyl (C=O) groups is 1. The standard InChI is InChI=1S/C14H18O4/c1-2-17-14(16)9-18-13-5-3-4-10-8-11(15)6-7-12(10)13/h3-5,11,15H,2,6-9H2,1H3. The van der Waals surface area contributed by atoms with Crippen molar-refractivity contribution in [2.24, 2.45) is 0 Å². The molecule has 0 spiro atoms. The van der Waals surface area contributed by atoms with Crippen LogP contribution in [0.15, 0.2) is 18.2 Å². The fourth-order valence-corrected chi connectivity index (χ4v) is 2.23. The minimum Gasteiger partial charge on any atom is -0.482 e. The van der Waals surface area contributed by atoms with Crippen LogP contribution in [-0.2, 0) is 22.4 Å². The monoisotopic (exact) mass is 250 g/mol. The quantitative estimate of drug-likeness (QED) is 0.822. The largest absolute Gasteiger partial charge is 0.482 e. The molecule has 0 saturated carbocycles. The molecule has 0 amide bonds. The highest BCUT2D eigenvalue weighted by molar-refractivity contribution is 5.71. The maximum atomic E-state index is 11.2. The highest BCUT2D eigenvalue weighted by atomic mass is 16.6. The van der Waals surface area contributed by atoms with Crippen LogP contribution in [-0.4, -0.2) is 30.4 Å². The van der Waals surface area contributed by atoms with E-state index in [2.05, 4.69) is 0 Å². The van der Waals surface area contributed by atoms with Gasteiger partial charge in [0.1, 0.15) is 5.75 Å². The van der Waals surface area contributed by atoms with Crippen LogP contribution < -0.4 is 4.74 Å². The van der Waals surface area contributed by atoms with Gasteiger partial charge >= 0.3 is 5.97 Å². The Morgan fingerprint density at radius 1 is 1.50 bits per heavy atom. The van der Waals surface area contributed by atoms with E-state index in [0.29, 0.717) is 13.0 Å². The van der Waals surface area contributed by atoms with Gasteiger partial charge in [-0.05, 0) is 43.4 Å². The molecule has 1 unspecified atom stereocenters. The van der Waals surface area contributed by atoms with Gasteiger partial charge in [0.2, 0.25) is 0 Å². The predicted molar refractivity (Wildman–Crippen MR) is 66.6 cm³/mol. The van der Waals surface area contributed by atoms with Crippen LogP contribution in [0.1, 0.15) is 24.5 Å².